The third kappa shape index (κ3) is 7.14. The number of anilines is 1. The average Bonchev–Trinajstić information content (AvgIpc) is 3.08. The molecule has 0 aliphatic rings. The van der Waals surface area contributed by atoms with E-state index < -0.39 is 0 Å². The lowest BCUT2D eigenvalue weighted by molar-refractivity contribution is 0.0996. The topological polar surface area (TPSA) is 102 Å². The van der Waals surface area contributed by atoms with Gasteiger partial charge in [-0.05, 0) is 36.8 Å². The first-order chi connectivity index (χ1) is 11.6. The summed E-state index contributed by atoms with van der Waals surface area (Å²) < 4.78 is 10.1. The summed E-state index contributed by atoms with van der Waals surface area (Å²) in [5, 5.41) is 5.81. The van der Waals surface area contributed by atoms with Gasteiger partial charge in [-0.2, -0.15) is 0 Å². The normalized spacial score (nSPS) is 12.2. The molecule has 1 atom stereocenters. The van der Waals surface area contributed by atoms with Gasteiger partial charge in [-0.1, -0.05) is 12.1 Å². The van der Waals surface area contributed by atoms with Crippen LogP contribution in [0.15, 0.2) is 52.1 Å². The Morgan fingerprint density at radius 1 is 1.36 bits per heavy atom. The third-order valence-electron chi connectivity index (χ3n) is 3.17. The van der Waals surface area contributed by atoms with Gasteiger partial charge < -0.3 is 25.5 Å². The molecule has 8 heteroatoms. The largest absolute Gasteiger partial charge is 0.459 e. The van der Waals surface area contributed by atoms with Gasteiger partial charge in [0.05, 0.1) is 19.4 Å². The van der Waals surface area contributed by atoms with Crippen molar-refractivity contribution in [1.82, 2.24) is 5.32 Å². The zero-order chi connectivity index (χ0) is 17.4. The summed E-state index contributed by atoms with van der Waals surface area (Å²) in [6.07, 6.45) is 1.46. The maximum atomic E-state index is 12.0. The average molecular weight is 458 g/mol. The molecule has 0 aliphatic carbocycles. The van der Waals surface area contributed by atoms with Crippen molar-refractivity contribution in [2.24, 2.45) is 10.7 Å². The lowest BCUT2D eigenvalue weighted by Gasteiger charge is -2.13. The minimum atomic E-state index is -0.296. The maximum Gasteiger partial charge on any atom is 0.291 e. The number of hydrogen-bond acceptors (Lipinski definition) is 4. The van der Waals surface area contributed by atoms with E-state index in [2.05, 4.69) is 15.6 Å². The summed E-state index contributed by atoms with van der Waals surface area (Å²) in [5.41, 5.74) is 7.43. The Labute approximate surface area is 164 Å². The van der Waals surface area contributed by atoms with Crippen molar-refractivity contribution >= 4 is 41.5 Å². The summed E-state index contributed by atoms with van der Waals surface area (Å²) in [6.45, 7) is 2.91. The molecule has 0 bridgehead atoms. The molecule has 0 saturated carbocycles. The summed E-state index contributed by atoms with van der Waals surface area (Å²) in [6, 6.07) is 10.8. The fourth-order valence-electron chi connectivity index (χ4n) is 2.11. The van der Waals surface area contributed by atoms with E-state index in [0.29, 0.717) is 24.8 Å². The van der Waals surface area contributed by atoms with Crippen molar-refractivity contribution in [3.63, 3.8) is 0 Å². The lowest BCUT2D eigenvalue weighted by atomic mass is 10.2. The summed E-state index contributed by atoms with van der Waals surface area (Å²) in [7, 11) is 1.63. The predicted molar refractivity (Wildman–Crippen MR) is 108 cm³/mol. The highest BCUT2D eigenvalue weighted by Gasteiger charge is 2.08. The number of hydrogen-bond donors (Lipinski definition) is 3. The Bertz CT molecular complexity index is 689. The fourth-order valence-corrected chi connectivity index (χ4v) is 2.11. The number of methoxy groups -OCH3 is 1. The molecule has 25 heavy (non-hydrogen) atoms. The molecule has 0 radical (unpaired) electrons. The number of carbonyl (C=O) groups is 1. The lowest BCUT2D eigenvalue weighted by Crippen LogP contribution is -2.40. The second-order valence-electron chi connectivity index (χ2n) is 5.33. The standard InChI is InChI=1S/C17H22N4O3.HI/c1-12(11-23-2)20-17(18)19-10-13-5-3-6-14(9-13)21-16(22)15-7-4-8-24-15;/h3-9,12H,10-11H2,1-2H3,(H,21,22)(H3,18,19,20);1H. The van der Waals surface area contributed by atoms with Crippen LogP contribution < -0.4 is 16.4 Å². The number of aliphatic imine (C=N–C) groups is 1. The molecule has 1 aromatic carbocycles. The molecule has 2 aromatic rings. The first kappa shape index (κ1) is 21.0. The molecule has 1 heterocycles. The monoisotopic (exact) mass is 458 g/mol. The van der Waals surface area contributed by atoms with Gasteiger partial charge in [0.25, 0.3) is 5.91 Å². The van der Waals surface area contributed by atoms with Gasteiger partial charge >= 0.3 is 0 Å². The van der Waals surface area contributed by atoms with E-state index >= 15 is 0 Å². The second kappa shape index (κ2) is 10.7. The van der Waals surface area contributed by atoms with E-state index in [0.717, 1.165) is 5.56 Å². The molecule has 1 aromatic heterocycles. The molecule has 1 amide bonds. The van der Waals surface area contributed by atoms with Crippen molar-refractivity contribution in [3.05, 3.63) is 54.0 Å². The molecule has 0 fully saturated rings. The van der Waals surface area contributed by atoms with Crippen molar-refractivity contribution < 1.29 is 13.9 Å². The smallest absolute Gasteiger partial charge is 0.291 e. The van der Waals surface area contributed by atoms with Gasteiger partial charge in [-0.15, -0.1) is 24.0 Å². The summed E-state index contributed by atoms with van der Waals surface area (Å²) >= 11 is 0. The fraction of sp³-hybridized carbons (Fsp3) is 0.294. The van der Waals surface area contributed by atoms with Crippen LogP contribution in [0.2, 0.25) is 0 Å². The number of rotatable bonds is 7. The number of amides is 1. The van der Waals surface area contributed by atoms with Crippen molar-refractivity contribution in [3.8, 4) is 0 Å². The van der Waals surface area contributed by atoms with Crippen LogP contribution in [0, 0.1) is 0 Å². The number of guanidine groups is 1. The van der Waals surface area contributed by atoms with E-state index in [9.17, 15) is 4.79 Å². The molecular formula is C17H23IN4O3. The van der Waals surface area contributed by atoms with E-state index in [1.165, 1.54) is 6.26 Å². The van der Waals surface area contributed by atoms with Crippen LogP contribution in [0.25, 0.3) is 0 Å². The Morgan fingerprint density at radius 3 is 2.84 bits per heavy atom. The number of benzene rings is 1. The predicted octanol–water partition coefficient (Wildman–Crippen LogP) is 2.59. The van der Waals surface area contributed by atoms with E-state index in [1.807, 2.05) is 25.1 Å². The van der Waals surface area contributed by atoms with Crippen LogP contribution in [0.1, 0.15) is 23.0 Å². The molecule has 136 valence electrons. The SMILES string of the molecule is COCC(C)NC(N)=NCc1cccc(NC(=O)c2ccco2)c1.I. The van der Waals surface area contributed by atoms with Crippen LogP contribution in [0.3, 0.4) is 0 Å². The van der Waals surface area contributed by atoms with Gasteiger partial charge in [0.1, 0.15) is 0 Å². The van der Waals surface area contributed by atoms with Crippen LogP contribution in [0.5, 0.6) is 0 Å². The quantitative estimate of drug-likeness (QED) is 0.337. The highest BCUT2D eigenvalue weighted by atomic mass is 127. The molecule has 0 spiro atoms. The van der Waals surface area contributed by atoms with Gasteiger partial charge in [0.2, 0.25) is 0 Å². The minimum Gasteiger partial charge on any atom is -0.459 e. The number of halogens is 1. The van der Waals surface area contributed by atoms with E-state index in [4.69, 9.17) is 14.9 Å². The van der Waals surface area contributed by atoms with Crippen molar-refractivity contribution in [1.29, 1.82) is 0 Å². The van der Waals surface area contributed by atoms with Gasteiger partial charge in [-0.25, -0.2) is 4.99 Å². The van der Waals surface area contributed by atoms with Crippen molar-refractivity contribution in [2.45, 2.75) is 19.5 Å². The van der Waals surface area contributed by atoms with Gasteiger partial charge in [0, 0.05) is 18.8 Å². The molecular weight excluding hydrogens is 435 g/mol. The van der Waals surface area contributed by atoms with E-state index in [1.54, 1.807) is 25.3 Å². The Morgan fingerprint density at radius 2 is 2.16 bits per heavy atom. The summed E-state index contributed by atoms with van der Waals surface area (Å²) in [5.74, 6) is 0.318. The highest BCUT2D eigenvalue weighted by Crippen LogP contribution is 2.13. The number of nitrogens with zero attached hydrogens (tertiary/aromatic N) is 1. The minimum absolute atomic E-state index is 0. The second-order valence-corrected chi connectivity index (χ2v) is 5.33. The Kier molecular flexibility index (Phi) is 9.00. The third-order valence-corrected chi connectivity index (χ3v) is 3.17. The molecule has 4 N–H and O–H groups in total. The number of nitrogens with two attached hydrogens (primary N) is 1. The molecule has 7 nitrogen and oxygen atoms in total. The van der Waals surface area contributed by atoms with Crippen LogP contribution in [-0.2, 0) is 11.3 Å². The van der Waals surface area contributed by atoms with Crippen LogP contribution in [0.4, 0.5) is 5.69 Å². The van der Waals surface area contributed by atoms with Gasteiger partial charge in [0.15, 0.2) is 11.7 Å². The number of carbonyl (C=O) groups excluding carboxylic acids is 1. The zero-order valence-electron chi connectivity index (χ0n) is 14.2. The molecule has 0 aliphatic heterocycles. The number of ether oxygens (including phenoxy) is 1. The van der Waals surface area contributed by atoms with Crippen LogP contribution >= 0.6 is 24.0 Å². The first-order valence-corrected chi connectivity index (χ1v) is 7.57. The molecule has 0 saturated heterocycles. The zero-order valence-corrected chi connectivity index (χ0v) is 16.5. The van der Waals surface area contributed by atoms with Crippen molar-refractivity contribution in [2.75, 3.05) is 19.0 Å². The van der Waals surface area contributed by atoms with Crippen LogP contribution in [-0.4, -0.2) is 31.6 Å². The molecule has 1 unspecified atom stereocenters. The maximum absolute atomic E-state index is 12.0. The number of nitrogens with one attached hydrogen (secondary N) is 2. The van der Waals surface area contributed by atoms with Gasteiger partial charge in [-0.3, -0.25) is 4.79 Å². The van der Waals surface area contributed by atoms with E-state index in [-0.39, 0.29) is 41.7 Å². The highest BCUT2D eigenvalue weighted by molar-refractivity contribution is 14.0. The Balaban J connectivity index is 0.00000312. The number of furan rings is 1. The summed E-state index contributed by atoms with van der Waals surface area (Å²) in [4.78, 5) is 16.2. The molecule has 2 rings (SSSR count). The Hall–Kier alpha value is -2.07. The first-order valence-electron chi connectivity index (χ1n) is 7.57.